The number of aromatic amines is 1. The molecular weight excluding hydrogens is 242 g/mol. The molecule has 100 valence electrons. The predicted molar refractivity (Wildman–Crippen MR) is 73.5 cm³/mol. The number of rotatable bonds is 3. The van der Waals surface area contributed by atoms with Crippen molar-refractivity contribution in [1.82, 2.24) is 15.3 Å². The van der Waals surface area contributed by atoms with Gasteiger partial charge in [-0.1, -0.05) is 12.5 Å². The third-order valence-electron chi connectivity index (χ3n) is 3.48. The van der Waals surface area contributed by atoms with Gasteiger partial charge in [-0.15, -0.1) is 0 Å². The average Bonchev–Trinajstić information content (AvgIpc) is 2.46. The minimum Gasteiger partial charge on any atom is -0.491 e. The number of hydrogen-bond donors (Lipinski definition) is 2. The summed E-state index contributed by atoms with van der Waals surface area (Å²) in [6.07, 6.45) is 5.00. The highest BCUT2D eigenvalue weighted by atomic mass is 16.5. The molecular formula is C14H17N3O2. The molecule has 1 aromatic carbocycles. The van der Waals surface area contributed by atoms with Crippen molar-refractivity contribution in [3.63, 3.8) is 0 Å². The van der Waals surface area contributed by atoms with E-state index in [0.717, 1.165) is 13.0 Å². The number of nitrogens with zero attached hydrogens (tertiary/aromatic N) is 1. The third-order valence-corrected chi connectivity index (χ3v) is 3.48. The Hall–Kier alpha value is -1.88. The van der Waals surface area contributed by atoms with Crippen LogP contribution in [-0.4, -0.2) is 29.2 Å². The van der Waals surface area contributed by atoms with Gasteiger partial charge in [0.25, 0.3) is 5.56 Å². The van der Waals surface area contributed by atoms with Crippen LogP contribution < -0.4 is 15.6 Å². The number of hydrogen-bond acceptors (Lipinski definition) is 4. The first kappa shape index (κ1) is 12.2. The van der Waals surface area contributed by atoms with Crippen LogP contribution in [0.3, 0.4) is 0 Å². The summed E-state index contributed by atoms with van der Waals surface area (Å²) >= 11 is 0. The second-order valence-corrected chi connectivity index (χ2v) is 4.84. The van der Waals surface area contributed by atoms with E-state index in [-0.39, 0.29) is 5.56 Å². The zero-order valence-electron chi connectivity index (χ0n) is 10.7. The van der Waals surface area contributed by atoms with Crippen molar-refractivity contribution in [2.45, 2.75) is 25.3 Å². The van der Waals surface area contributed by atoms with Gasteiger partial charge in [-0.25, -0.2) is 4.98 Å². The zero-order valence-corrected chi connectivity index (χ0v) is 10.7. The van der Waals surface area contributed by atoms with Crippen molar-refractivity contribution >= 4 is 10.9 Å². The highest BCUT2D eigenvalue weighted by Crippen LogP contribution is 2.20. The van der Waals surface area contributed by atoms with E-state index < -0.39 is 0 Å². The minimum absolute atomic E-state index is 0.155. The van der Waals surface area contributed by atoms with Crippen LogP contribution in [0.4, 0.5) is 0 Å². The Balaban J connectivity index is 1.82. The maximum Gasteiger partial charge on any atom is 0.262 e. The zero-order chi connectivity index (χ0) is 13.1. The summed E-state index contributed by atoms with van der Waals surface area (Å²) in [4.78, 5) is 18.6. The normalized spacial score (nSPS) is 19.5. The molecule has 1 atom stereocenters. The van der Waals surface area contributed by atoms with Gasteiger partial charge in [0.05, 0.1) is 11.8 Å². The summed E-state index contributed by atoms with van der Waals surface area (Å²) < 4.78 is 5.82. The molecule has 1 aliphatic rings. The molecule has 1 saturated heterocycles. The molecule has 0 bridgehead atoms. The lowest BCUT2D eigenvalue weighted by Gasteiger charge is -2.23. The summed E-state index contributed by atoms with van der Waals surface area (Å²) in [7, 11) is 0. The van der Waals surface area contributed by atoms with E-state index in [1.54, 1.807) is 0 Å². The van der Waals surface area contributed by atoms with Gasteiger partial charge < -0.3 is 15.0 Å². The van der Waals surface area contributed by atoms with Crippen LogP contribution in [0.1, 0.15) is 19.3 Å². The molecule has 0 spiro atoms. The van der Waals surface area contributed by atoms with E-state index in [1.165, 1.54) is 19.2 Å². The van der Waals surface area contributed by atoms with E-state index in [4.69, 9.17) is 4.74 Å². The Morgan fingerprint density at radius 1 is 1.37 bits per heavy atom. The fourth-order valence-electron chi connectivity index (χ4n) is 2.46. The molecule has 3 rings (SSSR count). The fourth-order valence-corrected chi connectivity index (χ4v) is 2.46. The number of aromatic nitrogens is 2. The van der Waals surface area contributed by atoms with Crippen molar-refractivity contribution in [3.8, 4) is 5.75 Å². The largest absolute Gasteiger partial charge is 0.491 e. The summed E-state index contributed by atoms with van der Waals surface area (Å²) in [5.41, 5.74) is 0.509. The van der Waals surface area contributed by atoms with Gasteiger partial charge in [0.2, 0.25) is 0 Å². The first-order chi connectivity index (χ1) is 9.34. The molecule has 0 saturated carbocycles. The highest BCUT2D eigenvalue weighted by Gasteiger charge is 2.14. The molecule has 1 aliphatic heterocycles. The Kier molecular flexibility index (Phi) is 3.46. The number of ether oxygens (including phenoxy) is 1. The second kappa shape index (κ2) is 5.40. The third kappa shape index (κ3) is 2.61. The summed E-state index contributed by atoms with van der Waals surface area (Å²) in [6.45, 7) is 1.64. The van der Waals surface area contributed by atoms with E-state index >= 15 is 0 Å². The number of piperidine rings is 1. The smallest absolute Gasteiger partial charge is 0.262 e. The van der Waals surface area contributed by atoms with Crippen LogP contribution in [0.25, 0.3) is 10.9 Å². The molecule has 5 nitrogen and oxygen atoms in total. The first-order valence-electron chi connectivity index (χ1n) is 6.67. The van der Waals surface area contributed by atoms with Gasteiger partial charge in [0.15, 0.2) is 0 Å². The predicted octanol–water partition coefficient (Wildman–Crippen LogP) is 1.44. The number of H-pyrrole nitrogens is 1. The molecule has 2 N–H and O–H groups in total. The van der Waals surface area contributed by atoms with Crippen LogP contribution in [0.5, 0.6) is 5.75 Å². The maximum absolute atomic E-state index is 11.9. The molecule has 0 radical (unpaired) electrons. The highest BCUT2D eigenvalue weighted by molar-refractivity contribution is 5.83. The van der Waals surface area contributed by atoms with Crippen LogP contribution in [0.2, 0.25) is 0 Å². The lowest BCUT2D eigenvalue weighted by molar-refractivity contribution is 0.241. The summed E-state index contributed by atoms with van der Waals surface area (Å²) in [6, 6.07) is 5.87. The monoisotopic (exact) mass is 259 g/mol. The SMILES string of the molecule is O=c1[nH]cnc2cccc(OCC3CCCCN3)c12. The molecule has 19 heavy (non-hydrogen) atoms. The van der Waals surface area contributed by atoms with Crippen LogP contribution in [-0.2, 0) is 0 Å². The van der Waals surface area contributed by atoms with E-state index in [9.17, 15) is 4.79 Å². The van der Waals surface area contributed by atoms with Gasteiger partial charge in [0, 0.05) is 6.04 Å². The topological polar surface area (TPSA) is 67.0 Å². The van der Waals surface area contributed by atoms with Crippen molar-refractivity contribution in [2.24, 2.45) is 0 Å². The molecule has 0 amide bonds. The summed E-state index contributed by atoms with van der Waals surface area (Å²) in [5, 5.41) is 3.95. The van der Waals surface area contributed by atoms with Crippen molar-refractivity contribution in [1.29, 1.82) is 0 Å². The van der Waals surface area contributed by atoms with E-state index in [0.29, 0.717) is 29.3 Å². The second-order valence-electron chi connectivity index (χ2n) is 4.84. The van der Waals surface area contributed by atoms with Crippen LogP contribution in [0.15, 0.2) is 29.3 Å². The van der Waals surface area contributed by atoms with Crippen molar-refractivity contribution in [2.75, 3.05) is 13.2 Å². The van der Waals surface area contributed by atoms with Gasteiger partial charge in [0.1, 0.15) is 17.7 Å². The van der Waals surface area contributed by atoms with Gasteiger partial charge in [-0.2, -0.15) is 0 Å². The minimum atomic E-state index is -0.155. The summed E-state index contributed by atoms with van der Waals surface area (Å²) in [5.74, 6) is 0.610. The standard InChI is InChI=1S/C14H17N3O2/c18-14-13-11(16-9-17-14)5-3-6-12(13)19-8-10-4-1-2-7-15-10/h3,5-6,9-10,15H,1-2,4,7-8H2,(H,16,17,18). The Morgan fingerprint density at radius 3 is 3.16 bits per heavy atom. The molecule has 1 fully saturated rings. The van der Waals surface area contributed by atoms with Crippen LogP contribution >= 0.6 is 0 Å². The number of benzene rings is 1. The molecule has 2 heterocycles. The Morgan fingerprint density at radius 2 is 2.32 bits per heavy atom. The Bertz CT molecular complexity index is 612. The maximum atomic E-state index is 11.9. The van der Waals surface area contributed by atoms with Crippen molar-refractivity contribution < 1.29 is 4.74 Å². The van der Waals surface area contributed by atoms with Crippen molar-refractivity contribution in [3.05, 3.63) is 34.9 Å². The molecule has 0 aliphatic carbocycles. The molecule has 1 unspecified atom stereocenters. The molecule has 1 aromatic heterocycles. The van der Waals surface area contributed by atoms with E-state index in [1.807, 2.05) is 18.2 Å². The number of fused-ring (bicyclic) bond motifs is 1. The van der Waals surface area contributed by atoms with Gasteiger partial charge in [-0.3, -0.25) is 4.79 Å². The first-order valence-corrected chi connectivity index (χ1v) is 6.67. The van der Waals surface area contributed by atoms with Crippen LogP contribution in [0, 0.1) is 0 Å². The van der Waals surface area contributed by atoms with E-state index in [2.05, 4.69) is 15.3 Å². The van der Waals surface area contributed by atoms with Gasteiger partial charge in [-0.05, 0) is 31.5 Å². The van der Waals surface area contributed by atoms with Gasteiger partial charge >= 0.3 is 0 Å². The lowest BCUT2D eigenvalue weighted by atomic mass is 10.1. The quantitative estimate of drug-likeness (QED) is 0.875. The fraction of sp³-hybridized carbons (Fsp3) is 0.429. The molecule has 5 heteroatoms. The average molecular weight is 259 g/mol. The molecule has 2 aromatic rings. The Labute approximate surface area is 111 Å². The number of nitrogens with one attached hydrogen (secondary N) is 2. The lowest BCUT2D eigenvalue weighted by Crippen LogP contribution is -2.38.